The van der Waals surface area contributed by atoms with E-state index in [1.54, 1.807) is 30.3 Å². The zero-order valence-corrected chi connectivity index (χ0v) is 19.7. The monoisotopic (exact) mass is 444 g/mol. The Hall–Kier alpha value is -2.56. The van der Waals surface area contributed by atoms with Gasteiger partial charge in [0.05, 0.1) is 18.3 Å². The number of unbranched alkanes of at least 4 members (excludes halogenated alkanes) is 6. The lowest BCUT2D eigenvalue weighted by atomic mass is 10.1. The van der Waals surface area contributed by atoms with Crippen molar-refractivity contribution in [2.75, 3.05) is 6.61 Å². The summed E-state index contributed by atoms with van der Waals surface area (Å²) >= 11 is 0. The Morgan fingerprint density at radius 1 is 0.875 bits per heavy atom. The molecule has 32 heavy (non-hydrogen) atoms. The fraction of sp³-hybridized carbons (Fsp3) is 0.519. The van der Waals surface area contributed by atoms with Crippen LogP contribution in [0.5, 0.6) is 17.2 Å². The number of benzene rings is 2. The summed E-state index contributed by atoms with van der Waals surface area (Å²) < 4.78 is 31.0. The van der Waals surface area contributed by atoms with E-state index in [-0.39, 0.29) is 17.6 Å². The van der Waals surface area contributed by atoms with Crippen LogP contribution in [-0.4, -0.2) is 18.7 Å². The molecule has 2 aromatic rings. The summed E-state index contributed by atoms with van der Waals surface area (Å²) in [4.78, 5) is 12.4. The Morgan fingerprint density at radius 3 is 2.19 bits per heavy atom. The molecule has 176 valence electrons. The van der Waals surface area contributed by atoms with Gasteiger partial charge in [0.1, 0.15) is 11.5 Å². The molecule has 0 bridgehead atoms. The lowest BCUT2D eigenvalue weighted by Gasteiger charge is -2.15. The Balaban J connectivity index is 1.82. The molecule has 0 aromatic heterocycles. The molecular formula is C27H37FO4. The maximum Gasteiger partial charge on any atom is 0.343 e. The van der Waals surface area contributed by atoms with Gasteiger partial charge in [0.2, 0.25) is 0 Å². The lowest BCUT2D eigenvalue weighted by molar-refractivity contribution is 0.0734. The summed E-state index contributed by atoms with van der Waals surface area (Å²) in [5, 5.41) is 0. The average molecular weight is 445 g/mol. The van der Waals surface area contributed by atoms with E-state index in [1.165, 1.54) is 31.4 Å². The van der Waals surface area contributed by atoms with Crippen molar-refractivity contribution in [3.63, 3.8) is 0 Å². The first kappa shape index (κ1) is 25.7. The van der Waals surface area contributed by atoms with Crippen molar-refractivity contribution < 1.29 is 23.4 Å². The van der Waals surface area contributed by atoms with Gasteiger partial charge in [-0.1, -0.05) is 52.4 Å². The van der Waals surface area contributed by atoms with Gasteiger partial charge in [-0.05, 0) is 62.6 Å². The fourth-order valence-corrected chi connectivity index (χ4v) is 3.36. The van der Waals surface area contributed by atoms with Crippen LogP contribution in [-0.2, 0) is 0 Å². The molecule has 0 aliphatic rings. The second-order valence-corrected chi connectivity index (χ2v) is 8.19. The van der Waals surface area contributed by atoms with Crippen molar-refractivity contribution in [1.29, 1.82) is 0 Å². The van der Waals surface area contributed by atoms with E-state index in [0.29, 0.717) is 12.2 Å². The van der Waals surface area contributed by atoms with Gasteiger partial charge in [-0.3, -0.25) is 0 Å². The number of halogens is 1. The number of hydrogen-bond acceptors (Lipinski definition) is 4. The summed E-state index contributed by atoms with van der Waals surface area (Å²) in [5.41, 5.74) is 0.379. The normalized spacial score (nSPS) is 11.8. The summed E-state index contributed by atoms with van der Waals surface area (Å²) in [6.07, 6.45) is 10.2. The van der Waals surface area contributed by atoms with Gasteiger partial charge in [0.25, 0.3) is 0 Å². The summed E-state index contributed by atoms with van der Waals surface area (Å²) in [6.45, 7) is 6.87. The van der Waals surface area contributed by atoms with Crippen LogP contribution in [0.4, 0.5) is 4.39 Å². The van der Waals surface area contributed by atoms with Crippen molar-refractivity contribution in [3.05, 3.63) is 53.8 Å². The largest absolute Gasteiger partial charge is 0.491 e. The van der Waals surface area contributed by atoms with Gasteiger partial charge in [-0.2, -0.15) is 0 Å². The standard InChI is InChI=1S/C27H37FO4/c1-4-6-8-10-12-21(3)31-23-15-13-22(14-16-23)27(29)32-24-17-18-26(25(28)20-24)30-19-11-9-7-5-2/h13-18,20-21H,4-12,19H2,1-3H3. The third-order valence-electron chi connectivity index (χ3n) is 5.26. The minimum atomic E-state index is -0.545. The maximum absolute atomic E-state index is 14.3. The summed E-state index contributed by atoms with van der Waals surface area (Å²) in [5.74, 6) is -0.0474. The third kappa shape index (κ3) is 9.29. The Labute approximate surface area is 192 Å². The minimum Gasteiger partial charge on any atom is -0.491 e. The van der Waals surface area contributed by atoms with E-state index in [9.17, 15) is 9.18 Å². The molecular weight excluding hydrogens is 407 g/mol. The van der Waals surface area contributed by atoms with E-state index in [4.69, 9.17) is 14.2 Å². The summed E-state index contributed by atoms with van der Waals surface area (Å²) in [7, 11) is 0. The molecule has 0 aliphatic heterocycles. The highest BCUT2D eigenvalue weighted by Crippen LogP contribution is 2.24. The van der Waals surface area contributed by atoms with E-state index >= 15 is 0 Å². The van der Waals surface area contributed by atoms with Crippen LogP contribution in [0.1, 0.15) is 88.9 Å². The van der Waals surface area contributed by atoms with Crippen LogP contribution in [0.15, 0.2) is 42.5 Å². The zero-order valence-electron chi connectivity index (χ0n) is 19.7. The molecule has 0 amide bonds. The smallest absolute Gasteiger partial charge is 0.343 e. The molecule has 0 N–H and O–H groups in total. The molecule has 0 heterocycles. The van der Waals surface area contributed by atoms with Crippen LogP contribution in [0.2, 0.25) is 0 Å². The second-order valence-electron chi connectivity index (χ2n) is 8.19. The number of esters is 1. The average Bonchev–Trinajstić information content (AvgIpc) is 2.78. The number of carbonyl (C=O) groups is 1. The molecule has 4 nitrogen and oxygen atoms in total. The molecule has 0 fully saturated rings. The van der Waals surface area contributed by atoms with Gasteiger partial charge in [0.15, 0.2) is 11.6 Å². The highest BCUT2D eigenvalue weighted by atomic mass is 19.1. The van der Waals surface area contributed by atoms with Gasteiger partial charge in [0, 0.05) is 6.07 Å². The Kier molecular flexibility index (Phi) is 11.6. The first-order valence-corrected chi connectivity index (χ1v) is 11.9. The molecule has 2 aromatic carbocycles. The number of carbonyl (C=O) groups excluding carboxylic acids is 1. The van der Waals surface area contributed by atoms with Crippen molar-refractivity contribution >= 4 is 5.97 Å². The van der Waals surface area contributed by atoms with Crippen LogP contribution >= 0.6 is 0 Å². The number of ether oxygens (including phenoxy) is 3. The molecule has 1 unspecified atom stereocenters. The van der Waals surface area contributed by atoms with Crippen molar-refractivity contribution in [2.45, 2.75) is 84.7 Å². The molecule has 0 spiro atoms. The molecule has 5 heteroatoms. The third-order valence-corrected chi connectivity index (χ3v) is 5.26. The summed E-state index contributed by atoms with van der Waals surface area (Å²) in [6, 6.07) is 11.1. The number of rotatable bonds is 15. The quantitative estimate of drug-likeness (QED) is 0.160. The molecule has 0 saturated carbocycles. The van der Waals surface area contributed by atoms with E-state index in [0.717, 1.165) is 44.3 Å². The van der Waals surface area contributed by atoms with Crippen LogP contribution in [0.25, 0.3) is 0 Å². The predicted molar refractivity (Wildman–Crippen MR) is 126 cm³/mol. The van der Waals surface area contributed by atoms with Gasteiger partial charge in [-0.25, -0.2) is 9.18 Å². The SMILES string of the molecule is CCCCCCOc1ccc(OC(=O)c2ccc(OC(C)CCCCCC)cc2)cc1F. The topological polar surface area (TPSA) is 44.8 Å². The van der Waals surface area contributed by atoms with Gasteiger partial charge in [-0.15, -0.1) is 0 Å². The van der Waals surface area contributed by atoms with Gasteiger partial charge >= 0.3 is 5.97 Å². The van der Waals surface area contributed by atoms with Crippen molar-refractivity contribution in [3.8, 4) is 17.2 Å². The lowest BCUT2D eigenvalue weighted by Crippen LogP contribution is -2.12. The first-order valence-electron chi connectivity index (χ1n) is 11.9. The van der Waals surface area contributed by atoms with Crippen LogP contribution in [0, 0.1) is 5.82 Å². The van der Waals surface area contributed by atoms with Crippen LogP contribution in [0.3, 0.4) is 0 Å². The van der Waals surface area contributed by atoms with Crippen LogP contribution < -0.4 is 14.2 Å². The van der Waals surface area contributed by atoms with Gasteiger partial charge < -0.3 is 14.2 Å². The number of hydrogen-bond donors (Lipinski definition) is 0. The van der Waals surface area contributed by atoms with E-state index in [2.05, 4.69) is 20.8 Å². The highest BCUT2D eigenvalue weighted by Gasteiger charge is 2.12. The second kappa shape index (κ2) is 14.5. The highest BCUT2D eigenvalue weighted by molar-refractivity contribution is 5.91. The first-order chi connectivity index (χ1) is 15.5. The predicted octanol–water partition coefficient (Wildman–Crippen LogP) is 7.74. The Morgan fingerprint density at radius 2 is 1.53 bits per heavy atom. The maximum atomic E-state index is 14.3. The molecule has 2 rings (SSSR count). The molecule has 1 atom stereocenters. The van der Waals surface area contributed by atoms with Crippen molar-refractivity contribution in [2.24, 2.45) is 0 Å². The minimum absolute atomic E-state index is 0.125. The molecule has 0 radical (unpaired) electrons. The Bertz CT molecular complexity index is 804. The van der Waals surface area contributed by atoms with E-state index < -0.39 is 11.8 Å². The van der Waals surface area contributed by atoms with E-state index in [1.807, 2.05) is 0 Å². The fourth-order valence-electron chi connectivity index (χ4n) is 3.36. The zero-order chi connectivity index (χ0) is 23.2. The van der Waals surface area contributed by atoms with Crippen molar-refractivity contribution in [1.82, 2.24) is 0 Å². The molecule has 0 saturated heterocycles. The molecule has 0 aliphatic carbocycles.